The monoisotopic (exact) mass is 251 g/mol. The molecule has 1 saturated heterocycles. The number of carbonyl (C=O) groups excluding carboxylic acids is 2. The third-order valence-corrected chi connectivity index (χ3v) is 3.70. The molecular weight excluding hydrogens is 238 g/mol. The van der Waals surface area contributed by atoms with Crippen LogP contribution in [-0.2, 0) is 11.2 Å². The molecule has 1 fully saturated rings. The lowest BCUT2D eigenvalue weighted by Crippen LogP contribution is -2.25. The van der Waals surface area contributed by atoms with Crippen LogP contribution in [0.3, 0.4) is 0 Å². The highest BCUT2D eigenvalue weighted by Gasteiger charge is 2.31. The zero-order valence-electron chi connectivity index (χ0n) is 9.65. The van der Waals surface area contributed by atoms with Crippen LogP contribution in [0.15, 0.2) is 18.2 Å². The van der Waals surface area contributed by atoms with Gasteiger partial charge in [-0.2, -0.15) is 0 Å². The molecule has 1 N–H and O–H groups in total. The molecule has 0 aliphatic carbocycles. The van der Waals surface area contributed by atoms with Gasteiger partial charge in [-0.15, -0.1) is 0 Å². The SMILES string of the molecule is COc1ccc(CC2SC(=O)NC2=O)c(C)c1. The smallest absolute Gasteiger partial charge is 0.286 e. The molecule has 1 heterocycles. The second-order valence-electron chi connectivity index (χ2n) is 3.88. The molecule has 2 amide bonds. The highest BCUT2D eigenvalue weighted by molar-refractivity contribution is 8.15. The van der Waals surface area contributed by atoms with E-state index in [1.165, 1.54) is 0 Å². The van der Waals surface area contributed by atoms with Crippen molar-refractivity contribution in [2.45, 2.75) is 18.6 Å². The Labute approximate surface area is 104 Å². The van der Waals surface area contributed by atoms with Crippen molar-refractivity contribution in [3.8, 4) is 5.75 Å². The molecule has 5 heteroatoms. The summed E-state index contributed by atoms with van der Waals surface area (Å²) < 4.78 is 5.12. The van der Waals surface area contributed by atoms with Crippen molar-refractivity contribution in [3.63, 3.8) is 0 Å². The minimum atomic E-state index is -0.311. The largest absolute Gasteiger partial charge is 0.497 e. The van der Waals surface area contributed by atoms with Gasteiger partial charge < -0.3 is 4.74 Å². The van der Waals surface area contributed by atoms with Gasteiger partial charge >= 0.3 is 0 Å². The number of carbonyl (C=O) groups is 2. The third kappa shape index (κ3) is 2.61. The number of ether oxygens (including phenoxy) is 1. The maximum atomic E-state index is 11.4. The number of hydrogen-bond acceptors (Lipinski definition) is 4. The number of hydrogen-bond donors (Lipinski definition) is 1. The van der Waals surface area contributed by atoms with Crippen molar-refractivity contribution in [2.24, 2.45) is 0 Å². The first-order chi connectivity index (χ1) is 8.10. The summed E-state index contributed by atoms with van der Waals surface area (Å²) in [5.41, 5.74) is 2.13. The van der Waals surface area contributed by atoms with E-state index in [0.29, 0.717) is 6.42 Å². The Kier molecular flexibility index (Phi) is 3.38. The molecule has 2 rings (SSSR count). The van der Waals surface area contributed by atoms with Gasteiger partial charge in [-0.3, -0.25) is 14.9 Å². The van der Waals surface area contributed by atoms with Crippen LogP contribution in [0.2, 0.25) is 0 Å². The van der Waals surface area contributed by atoms with Crippen LogP contribution < -0.4 is 10.1 Å². The quantitative estimate of drug-likeness (QED) is 0.891. The van der Waals surface area contributed by atoms with E-state index in [1.54, 1.807) is 7.11 Å². The fourth-order valence-corrected chi connectivity index (χ4v) is 2.60. The first-order valence-electron chi connectivity index (χ1n) is 5.25. The molecule has 0 spiro atoms. The van der Waals surface area contributed by atoms with Crippen molar-refractivity contribution >= 4 is 22.9 Å². The Morgan fingerprint density at radius 2 is 2.18 bits per heavy atom. The lowest BCUT2D eigenvalue weighted by molar-refractivity contribution is -0.118. The molecular formula is C12H13NO3S. The average molecular weight is 251 g/mol. The van der Waals surface area contributed by atoms with Gasteiger partial charge in [-0.25, -0.2) is 0 Å². The summed E-state index contributed by atoms with van der Waals surface area (Å²) in [5, 5.41) is 1.72. The number of amides is 2. The van der Waals surface area contributed by atoms with Crippen molar-refractivity contribution in [3.05, 3.63) is 29.3 Å². The van der Waals surface area contributed by atoms with Crippen molar-refractivity contribution in [2.75, 3.05) is 7.11 Å². The topological polar surface area (TPSA) is 55.4 Å². The number of nitrogens with one attached hydrogen (secondary N) is 1. The summed E-state index contributed by atoms with van der Waals surface area (Å²) in [7, 11) is 1.62. The molecule has 1 atom stereocenters. The van der Waals surface area contributed by atoms with Gasteiger partial charge in [0.05, 0.1) is 12.4 Å². The maximum absolute atomic E-state index is 11.4. The van der Waals surface area contributed by atoms with Gasteiger partial charge in [0.15, 0.2) is 0 Å². The van der Waals surface area contributed by atoms with Crippen molar-refractivity contribution in [1.82, 2.24) is 5.32 Å². The van der Waals surface area contributed by atoms with E-state index >= 15 is 0 Å². The van der Waals surface area contributed by atoms with E-state index in [4.69, 9.17) is 4.74 Å². The molecule has 0 aromatic heterocycles. The lowest BCUT2D eigenvalue weighted by Gasteiger charge is -2.10. The molecule has 17 heavy (non-hydrogen) atoms. The first-order valence-corrected chi connectivity index (χ1v) is 6.13. The van der Waals surface area contributed by atoms with E-state index in [1.807, 2.05) is 25.1 Å². The van der Waals surface area contributed by atoms with Crippen LogP contribution in [0.5, 0.6) is 5.75 Å². The number of imide groups is 1. The van der Waals surface area contributed by atoms with E-state index in [2.05, 4.69) is 5.32 Å². The highest BCUT2D eigenvalue weighted by Crippen LogP contribution is 2.25. The highest BCUT2D eigenvalue weighted by atomic mass is 32.2. The Hall–Kier alpha value is -1.49. The van der Waals surface area contributed by atoms with E-state index < -0.39 is 0 Å². The van der Waals surface area contributed by atoms with Crippen LogP contribution in [0, 0.1) is 6.92 Å². The Bertz CT molecular complexity index is 473. The summed E-state index contributed by atoms with van der Waals surface area (Å²) in [4.78, 5) is 22.5. The predicted octanol–water partition coefficient (Wildman–Crippen LogP) is 1.90. The summed E-state index contributed by atoms with van der Waals surface area (Å²) in [6, 6.07) is 5.72. The minimum absolute atomic E-state index is 0.199. The Morgan fingerprint density at radius 1 is 1.41 bits per heavy atom. The number of rotatable bonds is 3. The van der Waals surface area contributed by atoms with Gasteiger partial charge in [0.2, 0.25) is 5.91 Å². The van der Waals surface area contributed by atoms with Crippen LogP contribution >= 0.6 is 11.8 Å². The number of aryl methyl sites for hydroxylation is 1. The lowest BCUT2D eigenvalue weighted by atomic mass is 10.0. The van der Waals surface area contributed by atoms with Gasteiger partial charge in [-0.05, 0) is 36.6 Å². The summed E-state index contributed by atoms with van der Waals surface area (Å²) in [6.07, 6.45) is 0.568. The average Bonchev–Trinajstić information content (AvgIpc) is 2.60. The van der Waals surface area contributed by atoms with Gasteiger partial charge in [0, 0.05) is 0 Å². The number of thioether (sulfide) groups is 1. The Balaban J connectivity index is 2.14. The fraction of sp³-hybridized carbons (Fsp3) is 0.333. The Morgan fingerprint density at radius 3 is 2.71 bits per heavy atom. The fourth-order valence-electron chi connectivity index (χ4n) is 1.75. The van der Waals surface area contributed by atoms with Crippen LogP contribution in [-0.4, -0.2) is 23.5 Å². The van der Waals surface area contributed by atoms with Gasteiger partial charge in [0.1, 0.15) is 5.75 Å². The summed E-state index contributed by atoms with van der Waals surface area (Å²) in [6.45, 7) is 1.97. The van der Waals surface area contributed by atoms with E-state index in [-0.39, 0.29) is 16.4 Å². The number of benzene rings is 1. The summed E-state index contributed by atoms with van der Waals surface area (Å²) >= 11 is 1.06. The molecule has 1 unspecified atom stereocenters. The molecule has 0 saturated carbocycles. The predicted molar refractivity (Wildman–Crippen MR) is 66.4 cm³/mol. The molecule has 90 valence electrons. The molecule has 1 aliphatic rings. The zero-order chi connectivity index (χ0) is 12.4. The van der Waals surface area contributed by atoms with E-state index in [0.717, 1.165) is 28.6 Å². The molecule has 1 aromatic rings. The van der Waals surface area contributed by atoms with Crippen LogP contribution in [0.25, 0.3) is 0 Å². The molecule has 1 aliphatic heterocycles. The normalized spacial score (nSPS) is 19.3. The third-order valence-electron chi connectivity index (χ3n) is 2.72. The zero-order valence-corrected chi connectivity index (χ0v) is 10.5. The first kappa shape index (κ1) is 12.0. The minimum Gasteiger partial charge on any atom is -0.497 e. The number of methoxy groups -OCH3 is 1. The molecule has 1 aromatic carbocycles. The van der Waals surface area contributed by atoms with E-state index in [9.17, 15) is 9.59 Å². The van der Waals surface area contributed by atoms with Crippen molar-refractivity contribution < 1.29 is 14.3 Å². The molecule has 4 nitrogen and oxygen atoms in total. The summed E-state index contributed by atoms with van der Waals surface area (Å²) in [5.74, 6) is 0.598. The molecule has 0 bridgehead atoms. The second kappa shape index (κ2) is 4.79. The van der Waals surface area contributed by atoms with Gasteiger partial charge in [0.25, 0.3) is 5.24 Å². The maximum Gasteiger partial charge on any atom is 0.286 e. The standard InChI is InChI=1S/C12H13NO3S/c1-7-5-9(16-2)4-3-8(7)6-10-11(14)13-12(15)17-10/h3-5,10H,6H2,1-2H3,(H,13,14,15). The van der Waals surface area contributed by atoms with Gasteiger partial charge in [-0.1, -0.05) is 17.8 Å². The van der Waals surface area contributed by atoms with Crippen LogP contribution in [0.1, 0.15) is 11.1 Å². The second-order valence-corrected chi connectivity index (χ2v) is 5.06. The van der Waals surface area contributed by atoms with Crippen molar-refractivity contribution in [1.29, 1.82) is 0 Å². The molecule has 0 radical (unpaired) electrons. The van der Waals surface area contributed by atoms with Crippen LogP contribution in [0.4, 0.5) is 4.79 Å².